The minimum absolute atomic E-state index is 0.148. The molecule has 0 amide bonds. The highest BCUT2D eigenvalue weighted by Gasteiger charge is 2.17. The molecule has 2 aromatic rings. The number of hydrogen-bond acceptors (Lipinski definition) is 5. The molecule has 122 valence electrons. The van der Waals surface area contributed by atoms with Gasteiger partial charge in [-0.05, 0) is 31.2 Å². The predicted molar refractivity (Wildman–Crippen MR) is 89.3 cm³/mol. The summed E-state index contributed by atoms with van der Waals surface area (Å²) in [5, 5.41) is 0. The number of nitrogens with zero attached hydrogens (tertiary/aromatic N) is 2. The molecule has 0 saturated carbocycles. The first-order chi connectivity index (χ1) is 11.0. The summed E-state index contributed by atoms with van der Waals surface area (Å²) in [6.07, 6.45) is 1.39. The Hall–Kier alpha value is -2.12. The average molecular weight is 333 g/mol. The molecule has 0 radical (unpaired) electrons. The summed E-state index contributed by atoms with van der Waals surface area (Å²) in [7, 11) is -3.63. The molecule has 1 N–H and O–H groups in total. The van der Waals surface area contributed by atoms with Crippen LogP contribution in [0, 0.1) is 6.92 Å². The van der Waals surface area contributed by atoms with Crippen LogP contribution in [0.25, 0.3) is 0 Å². The second-order valence-corrected chi connectivity index (χ2v) is 7.11. The van der Waals surface area contributed by atoms with Crippen LogP contribution in [0.1, 0.15) is 5.56 Å². The molecule has 1 aliphatic heterocycles. The van der Waals surface area contributed by atoms with Gasteiger partial charge in [-0.3, -0.25) is 4.72 Å². The number of aryl methyl sites for hydroxylation is 1. The Balaban J connectivity index is 1.75. The second kappa shape index (κ2) is 6.55. The summed E-state index contributed by atoms with van der Waals surface area (Å²) in [4.78, 5) is 6.50. The fourth-order valence-electron chi connectivity index (χ4n) is 2.35. The zero-order valence-electron chi connectivity index (χ0n) is 12.9. The van der Waals surface area contributed by atoms with Gasteiger partial charge in [-0.2, -0.15) is 0 Å². The SMILES string of the molecule is Cc1ccc(NS(=O)(=O)c2ccc(N3CCOCC3)nc2)cc1. The molecule has 0 spiro atoms. The number of nitrogens with one attached hydrogen (secondary N) is 1. The van der Waals surface area contributed by atoms with E-state index in [2.05, 4.69) is 14.6 Å². The third-order valence-electron chi connectivity index (χ3n) is 3.67. The van der Waals surface area contributed by atoms with Gasteiger partial charge in [-0.25, -0.2) is 13.4 Å². The molecule has 0 aliphatic carbocycles. The molecule has 1 aromatic carbocycles. The number of morpholine rings is 1. The van der Waals surface area contributed by atoms with Crippen LogP contribution in [0.4, 0.5) is 11.5 Å². The van der Waals surface area contributed by atoms with E-state index in [1.807, 2.05) is 19.1 Å². The van der Waals surface area contributed by atoms with Crippen molar-refractivity contribution in [3.05, 3.63) is 48.2 Å². The largest absolute Gasteiger partial charge is 0.378 e. The Kier molecular flexibility index (Phi) is 4.49. The standard InChI is InChI=1S/C16H19N3O3S/c1-13-2-4-14(5-3-13)18-23(20,21)15-6-7-16(17-12-15)19-8-10-22-11-9-19/h2-7,12,18H,8-11H2,1H3. The van der Waals surface area contributed by atoms with E-state index in [4.69, 9.17) is 4.74 Å². The lowest BCUT2D eigenvalue weighted by Gasteiger charge is -2.27. The van der Waals surface area contributed by atoms with E-state index in [0.717, 1.165) is 24.5 Å². The molecule has 23 heavy (non-hydrogen) atoms. The minimum atomic E-state index is -3.63. The van der Waals surface area contributed by atoms with Gasteiger partial charge in [0, 0.05) is 25.0 Å². The van der Waals surface area contributed by atoms with Crippen LogP contribution in [0.15, 0.2) is 47.5 Å². The Bertz CT molecular complexity index is 752. The first-order valence-corrected chi connectivity index (χ1v) is 8.91. The molecule has 0 atom stereocenters. The van der Waals surface area contributed by atoms with Gasteiger partial charge in [-0.1, -0.05) is 17.7 Å². The molecule has 3 rings (SSSR count). The van der Waals surface area contributed by atoms with E-state index in [9.17, 15) is 8.42 Å². The number of rotatable bonds is 4. The van der Waals surface area contributed by atoms with E-state index in [1.54, 1.807) is 24.3 Å². The van der Waals surface area contributed by atoms with E-state index in [1.165, 1.54) is 6.20 Å². The molecular weight excluding hydrogens is 314 g/mol. The van der Waals surface area contributed by atoms with Gasteiger partial charge < -0.3 is 9.64 Å². The molecule has 6 nitrogen and oxygen atoms in total. The first kappa shape index (κ1) is 15.8. The summed E-state index contributed by atoms with van der Waals surface area (Å²) in [5.74, 6) is 0.766. The zero-order chi connectivity index (χ0) is 16.3. The average Bonchev–Trinajstić information content (AvgIpc) is 2.58. The van der Waals surface area contributed by atoms with Crippen LogP contribution in [0.5, 0.6) is 0 Å². The quantitative estimate of drug-likeness (QED) is 0.927. The topological polar surface area (TPSA) is 71.5 Å². The predicted octanol–water partition coefficient (Wildman–Crippen LogP) is 2.03. The maximum atomic E-state index is 12.4. The number of pyridine rings is 1. The molecule has 1 aliphatic rings. The lowest BCUT2D eigenvalue weighted by atomic mass is 10.2. The van der Waals surface area contributed by atoms with Crippen LogP contribution in [0.3, 0.4) is 0 Å². The maximum Gasteiger partial charge on any atom is 0.263 e. The minimum Gasteiger partial charge on any atom is -0.378 e. The number of aromatic nitrogens is 1. The molecule has 7 heteroatoms. The van der Waals surface area contributed by atoms with Crippen molar-refractivity contribution < 1.29 is 13.2 Å². The van der Waals surface area contributed by atoms with Gasteiger partial charge >= 0.3 is 0 Å². The Labute approximate surface area is 136 Å². The van der Waals surface area contributed by atoms with Crippen LogP contribution < -0.4 is 9.62 Å². The Morgan fingerprint density at radius 3 is 2.39 bits per heavy atom. The summed E-state index contributed by atoms with van der Waals surface area (Å²) in [6.45, 7) is 4.81. The van der Waals surface area contributed by atoms with Gasteiger partial charge in [0.1, 0.15) is 10.7 Å². The van der Waals surface area contributed by atoms with Gasteiger partial charge in [0.2, 0.25) is 0 Å². The monoisotopic (exact) mass is 333 g/mol. The van der Waals surface area contributed by atoms with Gasteiger partial charge in [0.15, 0.2) is 0 Å². The number of hydrogen-bond donors (Lipinski definition) is 1. The summed E-state index contributed by atoms with van der Waals surface area (Å²) in [5.41, 5.74) is 1.61. The highest BCUT2D eigenvalue weighted by Crippen LogP contribution is 2.19. The maximum absolute atomic E-state index is 12.4. The normalized spacial score (nSPS) is 15.4. The lowest BCUT2D eigenvalue weighted by molar-refractivity contribution is 0.122. The van der Waals surface area contributed by atoms with Gasteiger partial charge in [-0.15, -0.1) is 0 Å². The summed E-state index contributed by atoms with van der Waals surface area (Å²) in [6, 6.07) is 10.5. The van der Waals surface area contributed by atoms with Crippen LogP contribution >= 0.6 is 0 Å². The highest BCUT2D eigenvalue weighted by atomic mass is 32.2. The molecule has 2 heterocycles. The number of sulfonamides is 1. The van der Waals surface area contributed by atoms with Crippen molar-refractivity contribution in [2.75, 3.05) is 35.9 Å². The van der Waals surface area contributed by atoms with Gasteiger partial charge in [0.05, 0.1) is 13.2 Å². The van der Waals surface area contributed by atoms with Crippen LogP contribution in [-0.2, 0) is 14.8 Å². The number of anilines is 2. The van der Waals surface area contributed by atoms with Crippen molar-refractivity contribution >= 4 is 21.5 Å². The fourth-order valence-corrected chi connectivity index (χ4v) is 3.35. The van der Waals surface area contributed by atoms with Gasteiger partial charge in [0.25, 0.3) is 10.0 Å². The molecule has 1 aromatic heterocycles. The smallest absolute Gasteiger partial charge is 0.263 e. The highest BCUT2D eigenvalue weighted by molar-refractivity contribution is 7.92. The Morgan fingerprint density at radius 2 is 1.78 bits per heavy atom. The summed E-state index contributed by atoms with van der Waals surface area (Å²) >= 11 is 0. The molecular formula is C16H19N3O3S. The summed E-state index contributed by atoms with van der Waals surface area (Å²) < 4.78 is 32.6. The third kappa shape index (κ3) is 3.80. The fraction of sp³-hybridized carbons (Fsp3) is 0.312. The molecule has 0 unspecified atom stereocenters. The number of benzene rings is 1. The second-order valence-electron chi connectivity index (χ2n) is 5.42. The number of ether oxygens (including phenoxy) is 1. The Morgan fingerprint density at radius 1 is 1.09 bits per heavy atom. The van der Waals surface area contributed by atoms with E-state index >= 15 is 0 Å². The van der Waals surface area contributed by atoms with Crippen molar-refractivity contribution in [1.29, 1.82) is 0 Å². The van der Waals surface area contributed by atoms with Crippen LogP contribution in [0.2, 0.25) is 0 Å². The van der Waals surface area contributed by atoms with E-state index in [-0.39, 0.29) is 4.90 Å². The van der Waals surface area contributed by atoms with E-state index in [0.29, 0.717) is 18.9 Å². The molecule has 1 fully saturated rings. The third-order valence-corrected chi connectivity index (χ3v) is 5.04. The molecule has 1 saturated heterocycles. The van der Waals surface area contributed by atoms with Crippen molar-refractivity contribution in [2.45, 2.75) is 11.8 Å². The van der Waals surface area contributed by atoms with Crippen LogP contribution in [-0.4, -0.2) is 39.7 Å². The lowest BCUT2D eigenvalue weighted by Crippen LogP contribution is -2.36. The molecule has 0 bridgehead atoms. The van der Waals surface area contributed by atoms with Crippen molar-refractivity contribution in [2.24, 2.45) is 0 Å². The van der Waals surface area contributed by atoms with Crippen molar-refractivity contribution in [3.63, 3.8) is 0 Å². The first-order valence-electron chi connectivity index (χ1n) is 7.43. The van der Waals surface area contributed by atoms with Crippen molar-refractivity contribution in [1.82, 2.24) is 4.98 Å². The zero-order valence-corrected chi connectivity index (χ0v) is 13.7. The van der Waals surface area contributed by atoms with Crippen molar-refractivity contribution in [3.8, 4) is 0 Å². The van der Waals surface area contributed by atoms with E-state index < -0.39 is 10.0 Å².